The molecule has 0 spiro atoms. The molecule has 16 heteroatoms. The van der Waals surface area contributed by atoms with Gasteiger partial charge in [-0.2, -0.15) is 9.97 Å². The molecule has 0 aromatic carbocycles. The number of methoxy groups -OCH3 is 3. The van der Waals surface area contributed by atoms with E-state index in [0.29, 0.717) is 17.9 Å². The number of nitrogens with one attached hydrogen (secondary N) is 1. The molecular weight excluding hydrogens is 528 g/mol. The van der Waals surface area contributed by atoms with Crippen molar-refractivity contribution in [2.75, 3.05) is 26.1 Å². The number of anilines is 1. The minimum absolute atomic E-state index is 0.0623. The summed E-state index contributed by atoms with van der Waals surface area (Å²) in [4.78, 5) is 16.4. The highest BCUT2D eigenvalue weighted by Gasteiger charge is 2.42. The van der Waals surface area contributed by atoms with Crippen LogP contribution in [-0.2, 0) is 20.4 Å². The van der Waals surface area contributed by atoms with Crippen LogP contribution in [0.3, 0.4) is 0 Å². The summed E-state index contributed by atoms with van der Waals surface area (Å²) in [6.45, 7) is 1.44. The Balaban J connectivity index is 1.81. The average Bonchev–Trinajstić information content (AvgIpc) is 3.51. The molecule has 14 nitrogen and oxygen atoms in total. The van der Waals surface area contributed by atoms with Crippen LogP contribution < -0.4 is 14.2 Å². The van der Waals surface area contributed by atoms with Gasteiger partial charge in [0.15, 0.2) is 17.3 Å². The molecular formula is C21H27ClN8O6S. The van der Waals surface area contributed by atoms with E-state index in [1.807, 2.05) is 0 Å². The van der Waals surface area contributed by atoms with Crippen LogP contribution in [0, 0.1) is 0 Å². The van der Waals surface area contributed by atoms with E-state index in [9.17, 15) is 13.5 Å². The van der Waals surface area contributed by atoms with Gasteiger partial charge in [-0.3, -0.25) is 9.29 Å². The summed E-state index contributed by atoms with van der Waals surface area (Å²) >= 11 is 5.86. The third-order valence-electron chi connectivity index (χ3n) is 6.17. The predicted molar refractivity (Wildman–Crippen MR) is 131 cm³/mol. The van der Waals surface area contributed by atoms with Gasteiger partial charge in [-0.05, 0) is 32.6 Å². The minimum Gasteiger partial charge on any atom is -0.479 e. The summed E-state index contributed by atoms with van der Waals surface area (Å²) in [5.41, 5.74) is -1.23. The van der Waals surface area contributed by atoms with Crippen molar-refractivity contribution in [2.24, 2.45) is 0 Å². The molecule has 0 aliphatic heterocycles. The number of rotatable bonds is 10. The van der Waals surface area contributed by atoms with E-state index in [0.717, 1.165) is 12.8 Å². The van der Waals surface area contributed by atoms with Gasteiger partial charge in [0.2, 0.25) is 27.7 Å². The molecule has 0 bridgehead atoms. The SMILES string of the molecule is COc1ncnc(OC)c1-n1c(NS(=O)(=O)C(C)C(OC)c2ncc(Cl)cn2)nnc1C1(O)CCCC1. The van der Waals surface area contributed by atoms with E-state index in [-0.39, 0.29) is 35.0 Å². The molecule has 0 radical (unpaired) electrons. The highest BCUT2D eigenvalue weighted by atomic mass is 35.5. The van der Waals surface area contributed by atoms with Crippen molar-refractivity contribution in [2.45, 2.75) is 49.6 Å². The molecule has 1 aliphatic rings. The summed E-state index contributed by atoms with van der Waals surface area (Å²) in [5.74, 6) is 0.137. The quantitative estimate of drug-likeness (QED) is 0.372. The van der Waals surface area contributed by atoms with E-state index < -0.39 is 27.0 Å². The third-order valence-corrected chi connectivity index (χ3v) is 8.06. The fourth-order valence-electron chi connectivity index (χ4n) is 4.24. The smallest absolute Gasteiger partial charge is 0.245 e. The number of nitrogens with zero attached hydrogens (tertiary/aromatic N) is 7. The number of aliphatic hydroxyl groups is 1. The van der Waals surface area contributed by atoms with Gasteiger partial charge in [-0.25, -0.2) is 18.4 Å². The molecule has 0 amide bonds. The highest BCUT2D eigenvalue weighted by molar-refractivity contribution is 7.93. The molecule has 3 aromatic rings. The number of halogens is 1. The van der Waals surface area contributed by atoms with Crippen molar-refractivity contribution in [3.63, 3.8) is 0 Å². The Bertz CT molecular complexity index is 1330. The lowest BCUT2D eigenvalue weighted by atomic mass is 10.0. The Morgan fingerprint density at radius 3 is 2.19 bits per heavy atom. The van der Waals surface area contributed by atoms with Crippen LogP contribution in [0.1, 0.15) is 50.4 Å². The zero-order valence-corrected chi connectivity index (χ0v) is 22.2. The summed E-state index contributed by atoms with van der Waals surface area (Å²) in [5, 5.41) is 18.7. The first-order chi connectivity index (χ1) is 17.6. The normalized spacial score (nSPS) is 16.8. The summed E-state index contributed by atoms with van der Waals surface area (Å²) in [7, 11) is -0.0695. The van der Waals surface area contributed by atoms with Crippen LogP contribution in [-0.4, -0.2) is 74.8 Å². The van der Waals surface area contributed by atoms with Crippen LogP contribution in [0.5, 0.6) is 11.8 Å². The predicted octanol–water partition coefficient (Wildman–Crippen LogP) is 1.80. The molecule has 4 rings (SSSR count). The lowest BCUT2D eigenvalue weighted by molar-refractivity contribution is 0.0332. The Morgan fingerprint density at radius 2 is 1.65 bits per heavy atom. The van der Waals surface area contributed by atoms with E-state index in [2.05, 4.69) is 34.9 Å². The van der Waals surface area contributed by atoms with E-state index >= 15 is 0 Å². The fraction of sp³-hybridized carbons (Fsp3) is 0.524. The topological polar surface area (TPSA) is 176 Å². The molecule has 3 heterocycles. The molecule has 37 heavy (non-hydrogen) atoms. The van der Waals surface area contributed by atoms with Crippen molar-refractivity contribution in [1.82, 2.24) is 34.7 Å². The number of sulfonamides is 1. The first-order valence-electron chi connectivity index (χ1n) is 11.3. The maximum absolute atomic E-state index is 13.5. The second-order valence-electron chi connectivity index (χ2n) is 8.43. The van der Waals surface area contributed by atoms with Crippen LogP contribution in [0.4, 0.5) is 5.95 Å². The van der Waals surface area contributed by atoms with Gasteiger partial charge >= 0.3 is 0 Å². The van der Waals surface area contributed by atoms with Crippen LogP contribution in [0.25, 0.3) is 5.69 Å². The monoisotopic (exact) mass is 554 g/mol. The van der Waals surface area contributed by atoms with Crippen LogP contribution in [0.2, 0.25) is 5.02 Å². The first-order valence-corrected chi connectivity index (χ1v) is 13.2. The molecule has 1 saturated carbocycles. The Kier molecular flexibility index (Phi) is 7.77. The maximum Gasteiger partial charge on any atom is 0.245 e. The largest absolute Gasteiger partial charge is 0.479 e. The van der Waals surface area contributed by atoms with Gasteiger partial charge < -0.3 is 19.3 Å². The third kappa shape index (κ3) is 5.16. The highest BCUT2D eigenvalue weighted by Crippen LogP contribution is 2.42. The lowest BCUT2D eigenvalue weighted by Crippen LogP contribution is -2.34. The fourth-order valence-corrected chi connectivity index (χ4v) is 5.47. The van der Waals surface area contributed by atoms with Gasteiger partial charge in [-0.1, -0.05) is 11.6 Å². The van der Waals surface area contributed by atoms with Crippen molar-refractivity contribution < 1.29 is 27.7 Å². The van der Waals surface area contributed by atoms with Crippen LogP contribution >= 0.6 is 11.6 Å². The molecule has 2 atom stereocenters. The van der Waals surface area contributed by atoms with E-state index in [1.54, 1.807) is 0 Å². The van der Waals surface area contributed by atoms with Crippen molar-refractivity contribution in [3.8, 4) is 17.4 Å². The van der Waals surface area contributed by atoms with Crippen molar-refractivity contribution in [3.05, 3.63) is 35.4 Å². The second kappa shape index (κ2) is 10.7. The lowest BCUT2D eigenvalue weighted by Gasteiger charge is -2.25. The zero-order valence-electron chi connectivity index (χ0n) is 20.6. The van der Waals surface area contributed by atoms with Crippen molar-refractivity contribution >= 4 is 27.6 Å². The van der Waals surface area contributed by atoms with Gasteiger partial charge in [0.25, 0.3) is 0 Å². The first kappa shape index (κ1) is 26.9. The number of aromatic nitrogens is 7. The zero-order chi connectivity index (χ0) is 26.8. The number of hydrogen-bond acceptors (Lipinski definition) is 12. The summed E-state index contributed by atoms with van der Waals surface area (Å²) < 4.78 is 47.1. The standard InChI is InChI=1S/C21H27ClN8O6S/c1-12(15(34-2)16-23-9-13(22)10-24-16)37(32,33)29-20-28-27-19(21(31)7-5-6-8-21)30(20)14-17(35-3)25-11-26-18(14)36-4/h9-12,15,31H,5-8H2,1-4H3,(H,28,29). The van der Waals surface area contributed by atoms with E-state index in [4.69, 9.17) is 25.8 Å². The second-order valence-corrected chi connectivity index (χ2v) is 10.9. The Morgan fingerprint density at radius 1 is 1.05 bits per heavy atom. The molecule has 200 valence electrons. The minimum atomic E-state index is -4.20. The van der Waals surface area contributed by atoms with Crippen molar-refractivity contribution in [1.29, 1.82) is 0 Å². The molecule has 2 N–H and O–H groups in total. The van der Waals surface area contributed by atoms with E-state index in [1.165, 1.54) is 51.5 Å². The maximum atomic E-state index is 13.5. The average molecular weight is 555 g/mol. The summed E-state index contributed by atoms with van der Waals surface area (Å²) in [6, 6.07) is 0. The summed E-state index contributed by atoms with van der Waals surface area (Å²) in [6.07, 6.45) is 5.24. The van der Waals surface area contributed by atoms with Gasteiger partial charge in [0, 0.05) is 19.5 Å². The van der Waals surface area contributed by atoms with Gasteiger partial charge in [-0.15, -0.1) is 10.2 Å². The molecule has 1 aliphatic carbocycles. The van der Waals surface area contributed by atoms with Crippen LogP contribution in [0.15, 0.2) is 18.7 Å². The Hall–Kier alpha value is -3.14. The number of hydrogen-bond donors (Lipinski definition) is 2. The van der Waals surface area contributed by atoms with Gasteiger partial charge in [0.1, 0.15) is 23.3 Å². The molecule has 2 unspecified atom stereocenters. The molecule has 1 fully saturated rings. The van der Waals surface area contributed by atoms with Gasteiger partial charge in [0.05, 0.1) is 19.2 Å². The molecule has 3 aromatic heterocycles. The number of ether oxygens (including phenoxy) is 3. The Labute approximate surface area is 218 Å². The molecule has 0 saturated heterocycles.